The molecular weight excluding hydrogens is 570 g/mol. The molecular formula is C29H24ClN3O5S2. The number of nitrogens with zero attached hydrogens (tertiary/aromatic N) is 3. The number of aromatic nitrogens is 2. The van der Waals surface area contributed by atoms with E-state index in [4.69, 9.17) is 21.1 Å². The molecule has 204 valence electrons. The molecule has 0 radical (unpaired) electrons. The maximum atomic E-state index is 13.5. The fourth-order valence-electron chi connectivity index (χ4n) is 4.30. The van der Waals surface area contributed by atoms with Crippen molar-refractivity contribution in [3.63, 3.8) is 0 Å². The topological polar surface area (TPSA) is 102 Å². The monoisotopic (exact) mass is 593 g/mol. The van der Waals surface area contributed by atoms with Crippen molar-refractivity contribution in [1.82, 2.24) is 10.2 Å². The van der Waals surface area contributed by atoms with Gasteiger partial charge in [-0.05, 0) is 60.5 Å². The van der Waals surface area contributed by atoms with Crippen LogP contribution in [0, 0.1) is 0 Å². The Morgan fingerprint density at radius 3 is 2.55 bits per heavy atom. The third-order valence-electron chi connectivity index (χ3n) is 6.20. The Morgan fingerprint density at radius 1 is 1.05 bits per heavy atom. The summed E-state index contributed by atoms with van der Waals surface area (Å²) in [4.78, 5) is 28.2. The Labute approximate surface area is 244 Å². The molecule has 1 aliphatic rings. The van der Waals surface area contributed by atoms with Gasteiger partial charge in [0.05, 0.1) is 25.3 Å². The van der Waals surface area contributed by atoms with Gasteiger partial charge >= 0.3 is 5.91 Å². The highest BCUT2D eigenvalue weighted by Crippen LogP contribution is 2.44. The molecule has 1 N–H and O–H groups in total. The summed E-state index contributed by atoms with van der Waals surface area (Å²) in [5.74, 6) is -0.199. The molecule has 4 aromatic rings. The number of aliphatic hydroxyl groups excluding tert-OH is 1. The lowest BCUT2D eigenvalue weighted by Crippen LogP contribution is -2.29. The Bertz CT molecular complexity index is 1590. The minimum atomic E-state index is -0.948. The summed E-state index contributed by atoms with van der Waals surface area (Å²) < 4.78 is 11.5. The Balaban J connectivity index is 1.54. The van der Waals surface area contributed by atoms with Gasteiger partial charge in [0.25, 0.3) is 5.78 Å². The smallest absolute Gasteiger partial charge is 0.301 e. The first kappa shape index (κ1) is 27.7. The summed E-state index contributed by atoms with van der Waals surface area (Å²) in [6, 6.07) is 20.3. The number of Topliss-reactive ketones (excluding diaryl/α,β-unsaturated/α-hetero) is 1. The van der Waals surface area contributed by atoms with Crippen LogP contribution in [0.4, 0.5) is 5.13 Å². The number of thioether (sulfide) groups is 1. The van der Waals surface area contributed by atoms with Gasteiger partial charge < -0.3 is 14.6 Å². The van der Waals surface area contributed by atoms with Gasteiger partial charge in [0.15, 0.2) is 4.34 Å². The number of anilines is 1. The van der Waals surface area contributed by atoms with Gasteiger partial charge in [-0.25, -0.2) is 0 Å². The number of carbonyl (C=O) groups is 2. The molecule has 1 unspecified atom stereocenters. The molecule has 11 heteroatoms. The van der Waals surface area contributed by atoms with E-state index >= 15 is 0 Å². The van der Waals surface area contributed by atoms with E-state index in [2.05, 4.69) is 10.2 Å². The third-order valence-corrected chi connectivity index (χ3v) is 8.68. The molecule has 0 bridgehead atoms. The number of ketones is 1. The first-order valence-electron chi connectivity index (χ1n) is 12.3. The molecule has 0 aliphatic carbocycles. The van der Waals surface area contributed by atoms with E-state index in [-0.39, 0.29) is 16.5 Å². The van der Waals surface area contributed by atoms with E-state index in [0.717, 1.165) is 5.56 Å². The highest BCUT2D eigenvalue weighted by molar-refractivity contribution is 8.00. The molecule has 1 aromatic heterocycles. The Kier molecular flexibility index (Phi) is 8.39. The number of hydrogen-bond acceptors (Lipinski definition) is 9. The molecule has 2 heterocycles. The van der Waals surface area contributed by atoms with Gasteiger partial charge in [0, 0.05) is 16.3 Å². The van der Waals surface area contributed by atoms with Crippen molar-refractivity contribution in [2.45, 2.75) is 23.1 Å². The summed E-state index contributed by atoms with van der Waals surface area (Å²) in [6.07, 6.45) is 0. The summed E-state index contributed by atoms with van der Waals surface area (Å²) in [5, 5.41) is 20.7. The van der Waals surface area contributed by atoms with Crippen LogP contribution in [0.5, 0.6) is 11.5 Å². The molecule has 0 saturated carbocycles. The molecule has 40 heavy (non-hydrogen) atoms. The van der Waals surface area contributed by atoms with Gasteiger partial charge in [0.1, 0.15) is 17.3 Å². The van der Waals surface area contributed by atoms with Crippen LogP contribution in [0.2, 0.25) is 5.02 Å². The highest BCUT2D eigenvalue weighted by Gasteiger charge is 2.48. The van der Waals surface area contributed by atoms with Crippen LogP contribution in [-0.4, -0.2) is 40.7 Å². The van der Waals surface area contributed by atoms with E-state index in [9.17, 15) is 14.7 Å². The number of aliphatic hydroxyl groups is 1. The molecule has 1 fully saturated rings. The van der Waals surface area contributed by atoms with Gasteiger partial charge in [-0.1, -0.05) is 65.0 Å². The second-order valence-electron chi connectivity index (χ2n) is 8.63. The molecule has 1 amide bonds. The zero-order valence-corrected chi connectivity index (χ0v) is 23.9. The quantitative estimate of drug-likeness (QED) is 0.0769. The van der Waals surface area contributed by atoms with E-state index in [1.807, 2.05) is 31.2 Å². The lowest BCUT2D eigenvalue weighted by atomic mass is 9.95. The van der Waals surface area contributed by atoms with Crippen LogP contribution in [0.25, 0.3) is 5.76 Å². The van der Waals surface area contributed by atoms with Gasteiger partial charge in [-0.2, -0.15) is 0 Å². The number of rotatable bonds is 9. The van der Waals surface area contributed by atoms with Crippen LogP contribution in [0.1, 0.15) is 29.7 Å². The number of methoxy groups -OCH3 is 1. The van der Waals surface area contributed by atoms with E-state index < -0.39 is 17.7 Å². The van der Waals surface area contributed by atoms with E-state index in [0.29, 0.717) is 44.3 Å². The second kappa shape index (κ2) is 12.1. The minimum absolute atomic E-state index is 0.0529. The van der Waals surface area contributed by atoms with Crippen LogP contribution >= 0.6 is 34.7 Å². The van der Waals surface area contributed by atoms with Crippen LogP contribution < -0.4 is 14.4 Å². The van der Waals surface area contributed by atoms with Crippen molar-refractivity contribution in [1.29, 1.82) is 0 Å². The third kappa shape index (κ3) is 5.56. The molecule has 1 atom stereocenters. The van der Waals surface area contributed by atoms with Crippen molar-refractivity contribution >= 4 is 57.3 Å². The first-order chi connectivity index (χ1) is 19.4. The zero-order valence-electron chi connectivity index (χ0n) is 21.5. The van der Waals surface area contributed by atoms with Crippen molar-refractivity contribution < 1.29 is 24.2 Å². The zero-order chi connectivity index (χ0) is 28.2. The highest BCUT2D eigenvalue weighted by atomic mass is 35.5. The number of hydrogen-bond donors (Lipinski definition) is 1. The van der Waals surface area contributed by atoms with Crippen molar-refractivity contribution in [3.05, 3.63) is 100 Å². The summed E-state index contributed by atoms with van der Waals surface area (Å²) in [6.45, 7) is 2.37. The minimum Gasteiger partial charge on any atom is -0.507 e. The predicted molar refractivity (Wildman–Crippen MR) is 156 cm³/mol. The number of ether oxygens (including phenoxy) is 2. The Hall–Kier alpha value is -3.86. The molecule has 3 aromatic carbocycles. The molecule has 1 aliphatic heterocycles. The van der Waals surface area contributed by atoms with Crippen LogP contribution in [-0.2, 0) is 15.3 Å². The van der Waals surface area contributed by atoms with Gasteiger partial charge in [0.2, 0.25) is 5.13 Å². The SMILES string of the molecule is CCOc1ccc(/C(O)=C2/C(=O)C(=O)N(c3nnc(SCc4ccccc4Cl)s3)C2c2cccc(OC)c2)cc1. The average molecular weight is 594 g/mol. The summed E-state index contributed by atoms with van der Waals surface area (Å²) in [7, 11) is 1.53. The summed E-state index contributed by atoms with van der Waals surface area (Å²) in [5.41, 5.74) is 1.84. The van der Waals surface area contributed by atoms with Crippen molar-refractivity contribution in [2.75, 3.05) is 18.6 Å². The number of benzene rings is 3. The van der Waals surface area contributed by atoms with Crippen LogP contribution in [0.15, 0.2) is 82.7 Å². The first-order valence-corrected chi connectivity index (χ1v) is 14.5. The Morgan fingerprint density at radius 2 is 1.82 bits per heavy atom. The van der Waals surface area contributed by atoms with Gasteiger partial charge in [-0.3, -0.25) is 14.5 Å². The molecule has 8 nitrogen and oxygen atoms in total. The number of carbonyl (C=O) groups excluding carboxylic acids is 2. The van der Waals surface area contributed by atoms with Crippen molar-refractivity contribution in [3.8, 4) is 11.5 Å². The maximum absolute atomic E-state index is 13.5. The van der Waals surface area contributed by atoms with Crippen LogP contribution in [0.3, 0.4) is 0 Å². The fourth-order valence-corrected chi connectivity index (χ4v) is 6.45. The van der Waals surface area contributed by atoms with Crippen molar-refractivity contribution in [2.24, 2.45) is 0 Å². The number of halogens is 1. The lowest BCUT2D eigenvalue weighted by molar-refractivity contribution is -0.132. The maximum Gasteiger partial charge on any atom is 0.301 e. The molecule has 0 spiro atoms. The largest absolute Gasteiger partial charge is 0.507 e. The normalized spacial score (nSPS) is 16.4. The van der Waals surface area contributed by atoms with Gasteiger partial charge in [-0.15, -0.1) is 10.2 Å². The summed E-state index contributed by atoms with van der Waals surface area (Å²) >= 11 is 8.90. The lowest BCUT2D eigenvalue weighted by Gasteiger charge is -2.23. The average Bonchev–Trinajstić information content (AvgIpc) is 3.54. The predicted octanol–water partition coefficient (Wildman–Crippen LogP) is 6.52. The molecule has 1 saturated heterocycles. The standard InChI is InChI=1S/C29H24ClN3O5S2/c1-3-38-20-13-11-17(12-14-20)25(34)23-24(18-8-6-9-21(15-18)37-2)33(27(36)26(23)35)28-31-32-29(40-28)39-16-19-7-4-5-10-22(19)30/h4-15,24,34H,3,16H2,1-2H3/b25-23-. The van der Waals surface area contributed by atoms with E-state index in [1.54, 1.807) is 48.5 Å². The number of amides is 1. The fraction of sp³-hybridized carbons (Fsp3) is 0.172. The second-order valence-corrected chi connectivity index (χ2v) is 11.2. The molecule has 5 rings (SSSR count). The van der Waals surface area contributed by atoms with E-state index in [1.165, 1.54) is 35.1 Å².